The van der Waals surface area contributed by atoms with Crippen molar-refractivity contribution in [1.29, 1.82) is 0 Å². The molecule has 1 atom stereocenters. The van der Waals surface area contributed by atoms with Gasteiger partial charge in [-0.25, -0.2) is 14.7 Å². The third-order valence-corrected chi connectivity index (χ3v) is 7.39. The highest BCUT2D eigenvalue weighted by Crippen LogP contribution is 2.48. The first-order chi connectivity index (χ1) is 19.7. The smallest absolute Gasteiger partial charge is 0.231 e. The van der Waals surface area contributed by atoms with E-state index in [4.69, 9.17) is 24.6 Å². The number of benzene rings is 4. The van der Waals surface area contributed by atoms with Gasteiger partial charge in [-0.05, 0) is 48.9 Å². The van der Waals surface area contributed by atoms with E-state index < -0.39 is 0 Å². The molecule has 8 rings (SSSR count). The maximum atomic E-state index is 5.63. The van der Waals surface area contributed by atoms with Crippen molar-refractivity contribution in [3.8, 4) is 17.2 Å². The minimum Gasteiger partial charge on any atom is -0.454 e. The zero-order chi connectivity index (χ0) is 26.6. The lowest BCUT2D eigenvalue weighted by atomic mass is 9.93. The van der Waals surface area contributed by atoms with Crippen LogP contribution in [0, 0.1) is 6.92 Å². The standard InChI is InChI=1S/C32H24N6O2/c1-20-28-29(21-10-4-2-5-11-21)37-25-15-9-8-14-24(25)34-30(33-22-16-17-26-27(18-22)40-19-39-26)32(37)35-31(28)38(36-20)23-12-6-3-7-13-23/h2-18,29H,19H2,1H3,(H,33,34)/t29-/m1/s1. The fourth-order valence-corrected chi connectivity index (χ4v) is 5.61. The number of aryl methyl sites for hydroxylation is 1. The summed E-state index contributed by atoms with van der Waals surface area (Å²) in [5.74, 6) is 3.58. The fourth-order valence-electron chi connectivity index (χ4n) is 5.61. The van der Waals surface area contributed by atoms with E-state index in [-0.39, 0.29) is 12.8 Å². The Bertz CT molecular complexity index is 1830. The zero-order valence-corrected chi connectivity index (χ0v) is 21.7. The largest absolute Gasteiger partial charge is 0.454 e. The minimum atomic E-state index is -0.161. The maximum Gasteiger partial charge on any atom is 0.231 e. The lowest BCUT2D eigenvalue weighted by Gasteiger charge is -2.40. The molecule has 8 nitrogen and oxygen atoms in total. The van der Waals surface area contributed by atoms with Gasteiger partial charge < -0.3 is 19.7 Å². The molecule has 8 heteroatoms. The number of rotatable bonds is 3. The molecule has 0 saturated heterocycles. The van der Waals surface area contributed by atoms with E-state index in [0.717, 1.165) is 57.0 Å². The Hall–Kier alpha value is -5.37. The van der Waals surface area contributed by atoms with E-state index in [1.807, 2.05) is 77.5 Å². The summed E-state index contributed by atoms with van der Waals surface area (Å²) in [4.78, 5) is 12.6. The Morgan fingerprint density at radius 2 is 1.55 bits per heavy atom. The molecule has 0 radical (unpaired) electrons. The Morgan fingerprint density at radius 1 is 0.800 bits per heavy atom. The Labute approximate surface area is 230 Å². The minimum absolute atomic E-state index is 0.161. The van der Waals surface area contributed by atoms with Crippen molar-refractivity contribution in [2.24, 2.45) is 9.98 Å². The average molecular weight is 525 g/mol. The summed E-state index contributed by atoms with van der Waals surface area (Å²) in [7, 11) is 0. The van der Waals surface area contributed by atoms with Crippen molar-refractivity contribution < 1.29 is 9.47 Å². The zero-order valence-electron chi connectivity index (χ0n) is 21.7. The van der Waals surface area contributed by atoms with Crippen LogP contribution >= 0.6 is 0 Å². The number of nitrogens with one attached hydrogen (secondary N) is 1. The molecule has 0 amide bonds. The molecule has 0 unspecified atom stereocenters. The van der Waals surface area contributed by atoms with E-state index in [9.17, 15) is 0 Å². The molecular weight excluding hydrogens is 500 g/mol. The second-order valence-corrected chi connectivity index (χ2v) is 9.83. The van der Waals surface area contributed by atoms with E-state index in [0.29, 0.717) is 11.6 Å². The lowest BCUT2D eigenvalue weighted by Crippen LogP contribution is -2.46. The molecule has 0 saturated carbocycles. The van der Waals surface area contributed by atoms with Crippen LogP contribution in [-0.2, 0) is 0 Å². The second-order valence-electron chi connectivity index (χ2n) is 9.83. The quantitative estimate of drug-likeness (QED) is 0.284. The van der Waals surface area contributed by atoms with Gasteiger partial charge in [0.25, 0.3) is 0 Å². The lowest BCUT2D eigenvalue weighted by molar-refractivity contribution is 0.174. The van der Waals surface area contributed by atoms with Crippen LogP contribution in [0.4, 0.5) is 22.9 Å². The van der Waals surface area contributed by atoms with Crippen LogP contribution in [0.15, 0.2) is 113 Å². The molecule has 3 aliphatic rings. The highest BCUT2D eigenvalue weighted by atomic mass is 16.7. The van der Waals surface area contributed by atoms with E-state index in [2.05, 4.69) is 47.5 Å². The summed E-state index contributed by atoms with van der Waals surface area (Å²) in [6, 6.07) is 34.5. The van der Waals surface area contributed by atoms with Gasteiger partial charge in [0.1, 0.15) is 0 Å². The summed E-state index contributed by atoms with van der Waals surface area (Å²) >= 11 is 0. The highest BCUT2D eigenvalue weighted by Gasteiger charge is 2.41. The summed E-state index contributed by atoms with van der Waals surface area (Å²) < 4.78 is 13.1. The summed E-state index contributed by atoms with van der Waals surface area (Å²) in [6.07, 6.45) is 0. The Morgan fingerprint density at radius 3 is 2.40 bits per heavy atom. The molecule has 0 spiro atoms. The van der Waals surface area contributed by atoms with Gasteiger partial charge in [0.2, 0.25) is 6.79 Å². The number of para-hydroxylation sites is 3. The van der Waals surface area contributed by atoms with Gasteiger partial charge >= 0.3 is 0 Å². The van der Waals surface area contributed by atoms with Crippen molar-refractivity contribution in [3.05, 3.63) is 120 Å². The van der Waals surface area contributed by atoms with Crippen LogP contribution in [-0.4, -0.2) is 28.2 Å². The monoisotopic (exact) mass is 524 g/mol. The van der Waals surface area contributed by atoms with Crippen molar-refractivity contribution in [1.82, 2.24) is 9.78 Å². The summed E-state index contributed by atoms with van der Waals surface area (Å²) in [6.45, 7) is 2.28. The summed E-state index contributed by atoms with van der Waals surface area (Å²) in [5, 5.41) is 8.52. The predicted molar refractivity (Wildman–Crippen MR) is 156 cm³/mol. The fraction of sp³-hybridized carbons (Fsp3) is 0.0938. The number of nitrogens with zero attached hydrogens (tertiary/aromatic N) is 5. The van der Waals surface area contributed by atoms with Gasteiger partial charge in [-0.1, -0.05) is 60.7 Å². The third kappa shape index (κ3) is 3.50. The Kier molecular flexibility index (Phi) is 5.00. The van der Waals surface area contributed by atoms with Gasteiger partial charge in [0.05, 0.1) is 28.8 Å². The van der Waals surface area contributed by atoms with Gasteiger partial charge in [0.15, 0.2) is 29.0 Å². The number of anilines is 2. The molecule has 0 aliphatic carbocycles. The van der Waals surface area contributed by atoms with Gasteiger partial charge in [-0.2, -0.15) is 5.10 Å². The maximum absolute atomic E-state index is 5.63. The highest BCUT2D eigenvalue weighted by molar-refractivity contribution is 6.51. The van der Waals surface area contributed by atoms with Gasteiger partial charge in [-0.15, -0.1) is 0 Å². The molecular formula is C32H24N6O2. The number of ether oxygens (including phenoxy) is 2. The SMILES string of the molecule is Cc1nn(-c2ccccc2)c2c1[C@@H](c1ccccc1)N1C(=N2)C(Nc2ccc3c(c2)OCO3)=Nc2ccccc21. The molecule has 4 aromatic carbocycles. The van der Waals surface area contributed by atoms with Crippen LogP contribution in [0.25, 0.3) is 5.69 Å². The molecule has 194 valence electrons. The van der Waals surface area contributed by atoms with Gasteiger partial charge in [-0.3, -0.25) is 0 Å². The summed E-state index contributed by atoms with van der Waals surface area (Å²) in [5.41, 5.74) is 6.78. The van der Waals surface area contributed by atoms with Crippen molar-refractivity contribution in [2.45, 2.75) is 13.0 Å². The van der Waals surface area contributed by atoms with Crippen LogP contribution in [0.1, 0.15) is 22.9 Å². The van der Waals surface area contributed by atoms with Crippen LogP contribution in [0.2, 0.25) is 0 Å². The molecule has 4 heterocycles. The molecule has 5 aromatic rings. The van der Waals surface area contributed by atoms with Crippen molar-refractivity contribution >= 4 is 34.6 Å². The Balaban J connectivity index is 1.36. The molecule has 0 bridgehead atoms. The molecule has 0 fully saturated rings. The second kappa shape index (κ2) is 8.84. The molecule has 40 heavy (non-hydrogen) atoms. The van der Waals surface area contributed by atoms with Crippen LogP contribution in [0.5, 0.6) is 11.5 Å². The van der Waals surface area contributed by atoms with E-state index in [1.165, 1.54) is 0 Å². The van der Waals surface area contributed by atoms with E-state index in [1.54, 1.807) is 0 Å². The molecule has 1 N–H and O–H groups in total. The first-order valence-corrected chi connectivity index (χ1v) is 13.2. The first-order valence-electron chi connectivity index (χ1n) is 13.2. The number of aromatic nitrogens is 2. The normalized spacial score (nSPS) is 16.4. The number of hydrogen-bond acceptors (Lipinski definition) is 7. The number of aliphatic imine (C=N–C) groups is 2. The molecule has 3 aliphatic heterocycles. The van der Waals surface area contributed by atoms with E-state index >= 15 is 0 Å². The number of hydrogen-bond donors (Lipinski definition) is 1. The van der Waals surface area contributed by atoms with Crippen molar-refractivity contribution in [3.63, 3.8) is 0 Å². The number of amidine groups is 2. The average Bonchev–Trinajstić information content (AvgIpc) is 3.61. The van der Waals surface area contributed by atoms with Crippen LogP contribution < -0.4 is 19.7 Å². The van der Waals surface area contributed by atoms with Gasteiger partial charge in [0, 0.05) is 17.3 Å². The molecule has 1 aromatic heterocycles. The van der Waals surface area contributed by atoms with Crippen LogP contribution in [0.3, 0.4) is 0 Å². The number of fused-ring (bicyclic) bond motifs is 5. The predicted octanol–water partition coefficient (Wildman–Crippen LogP) is 6.70. The first kappa shape index (κ1) is 22.6. The topological polar surface area (TPSA) is 76.3 Å². The van der Waals surface area contributed by atoms with Crippen molar-refractivity contribution in [2.75, 3.05) is 17.0 Å². The third-order valence-electron chi connectivity index (χ3n) is 7.39.